The van der Waals surface area contributed by atoms with Crippen LogP contribution >= 0.6 is 0 Å². The number of phenolic OH excluding ortho intramolecular Hbond substituents is 1. The largest absolute Gasteiger partial charge is 0.508 e. The van der Waals surface area contributed by atoms with Crippen LogP contribution in [0.25, 0.3) is 0 Å². The van der Waals surface area contributed by atoms with Crippen molar-refractivity contribution in [3.63, 3.8) is 0 Å². The fraction of sp³-hybridized carbons (Fsp3) is 0.533. The number of aliphatic hydroxyl groups is 3. The van der Waals surface area contributed by atoms with Gasteiger partial charge in [-0.15, -0.1) is 0 Å². The molecule has 1 aromatic carbocycles. The number of hydrogen-bond donors (Lipinski definition) is 6. The van der Waals surface area contributed by atoms with Crippen LogP contribution in [-0.4, -0.2) is 57.2 Å². The summed E-state index contributed by atoms with van der Waals surface area (Å²) >= 11 is 0. The average Bonchev–Trinajstić information content (AvgIpc) is 2.77. The predicted molar refractivity (Wildman–Crippen MR) is 78.9 cm³/mol. The number of nitrogens with one attached hydrogen (secondary N) is 1. The Morgan fingerprint density at radius 3 is 2.45 bits per heavy atom. The van der Waals surface area contributed by atoms with Crippen LogP contribution in [0.4, 0.5) is 0 Å². The van der Waals surface area contributed by atoms with Gasteiger partial charge in [0.1, 0.15) is 11.9 Å². The maximum Gasteiger partial charge on any atom is 0.237 e. The Hall–Kier alpha value is -1.67. The maximum atomic E-state index is 12.1. The summed E-state index contributed by atoms with van der Waals surface area (Å²) in [4.78, 5) is 12.1. The molecule has 7 N–H and O–H groups in total. The van der Waals surface area contributed by atoms with Gasteiger partial charge >= 0.3 is 0 Å². The number of carbonyl (C=O) groups excluding carboxylic acids is 1. The molecule has 0 spiro atoms. The van der Waals surface area contributed by atoms with Crippen LogP contribution in [0.1, 0.15) is 12.0 Å². The second kappa shape index (κ2) is 7.06. The van der Waals surface area contributed by atoms with Gasteiger partial charge in [0.15, 0.2) is 0 Å². The number of hydrogen-bond acceptors (Lipinski definition) is 6. The Balaban J connectivity index is 1.90. The third-order valence-electron chi connectivity index (χ3n) is 4.09. The first kappa shape index (κ1) is 16.7. The van der Waals surface area contributed by atoms with Crippen molar-refractivity contribution in [1.29, 1.82) is 0 Å². The number of benzene rings is 1. The van der Waals surface area contributed by atoms with Crippen molar-refractivity contribution in [1.82, 2.24) is 5.32 Å². The van der Waals surface area contributed by atoms with Crippen LogP contribution in [0.5, 0.6) is 5.75 Å². The molecule has 1 fully saturated rings. The molecular weight excluding hydrogens is 288 g/mol. The van der Waals surface area contributed by atoms with E-state index in [2.05, 4.69) is 5.32 Å². The minimum absolute atomic E-state index is 0.139. The first-order valence-electron chi connectivity index (χ1n) is 7.23. The first-order chi connectivity index (χ1) is 10.4. The van der Waals surface area contributed by atoms with Crippen molar-refractivity contribution in [3.8, 4) is 5.75 Å². The molecule has 1 aliphatic rings. The van der Waals surface area contributed by atoms with Crippen LogP contribution in [0.15, 0.2) is 24.3 Å². The SMILES string of the molecule is NC(Cc1ccc(O)cc1)C(=O)NC1CC(CO)C(O)C1O. The van der Waals surface area contributed by atoms with E-state index in [0.717, 1.165) is 5.56 Å². The molecule has 1 amide bonds. The summed E-state index contributed by atoms with van der Waals surface area (Å²) < 4.78 is 0. The fourth-order valence-electron chi connectivity index (χ4n) is 2.72. The topological polar surface area (TPSA) is 136 Å². The second-order valence-electron chi connectivity index (χ2n) is 5.75. The molecule has 0 bridgehead atoms. The number of amides is 1. The van der Waals surface area contributed by atoms with Gasteiger partial charge in [0.2, 0.25) is 5.91 Å². The summed E-state index contributed by atoms with van der Waals surface area (Å²) in [5.74, 6) is -0.739. The Labute approximate surface area is 128 Å². The van der Waals surface area contributed by atoms with Crippen molar-refractivity contribution in [2.75, 3.05) is 6.61 Å². The zero-order chi connectivity index (χ0) is 16.3. The molecule has 0 saturated heterocycles. The van der Waals surface area contributed by atoms with E-state index < -0.39 is 36.1 Å². The number of rotatable bonds is 5. The normalized spacial score (nSPS) is 29.3. The van der Waals surface area contributed by atoms with Gasteiger partial charge in [0, 0.05) is 12.5 Å². The van der Waals surface area contributed by atoms with Crippen molar-refractivity contribution in [3.05, 3.63) is 29.8 Å². The Kier molecular flexibility index (Phi) is 5.36. The summed E-state index contributed by atoms with van der Waals surface area (Å²) in [6.07, 6.45) is -1.57. The summed E-state index contributed by atoms with van der Waals surface area (Å²) in [6, 6.07) is 4.97. The lowest BCUT2D eigenvalue weighted by Crippen LogP contribution is -2.50. The van der Waals surface area contributed by atoms with Gasteiger partial charge in [-0.2, -0.15) is 0 Å². The lowest BCUT2D eigenvalue weighted by molar-refractivity contribution is -0.124. The molecule has 5 unspecified atom stereocenters. The molecule has 2 rings (SSSR count). The Morgan fingerprint density at radius 1 is 1.27 bits per heavy atom. The number of carbonyl (C=O) groups is 1. The number of nitrogens with two attached hydrogens (primary N) is 1. The molecule has 22 heavy (non-hydrogen) atoms. The van der Waals surface area contributed by atoms with E-state index in [-0.39, 0.29) is 12.4 Å². The lowest BCUT2D eigenvalue weighted by Gasteiger charge is -2.20. The molecule has 0 aromatic heterocycles. The number of phenols is 1. The van der Waals surface area contributed by atoms with Crippen LogP contribution in [0.2, 0.25) is 0 Å². The monoisotopic (exact) mass is 310 g/mol. The van der Waals surface area contributed by atoms with Gasteiger partial charge in [-0.25, -0.2) is 0 Å². The zero-order valence-electron chi connectivity index (χ0n) is 12.1. The van der Waals surface area contributed by atoms with Gasteiger partial charge in [-0.1, -0.05) is 12.1 Å². The molecule has 7 heteroatoms. The average molecular weight is 310 g/mol. The standard InChI is InChI=1S/C15H22N2O5/c16-11(5-8-1-3-10(19)4-2-8)15(22)17-12-6-9(7-18)13(20)14(12)21/h1-4,9,11-14,18-21H,5-7,16H2,(H,17,22). The fourth-order valence-corrected chi connectivity index (χ4v) is 2.72. The highest BCUT2D eigenvalue weighted by Gasteiger charge is 2.42. The van der Waals surface area contributed by atoms with E-state index in [9.17, 15) is 20.1 Å². The molecule has 0 aliphatic heterocycles. The second-order valence-corrected chi connectivity index (χ2v) is 5.75. The Bertz CT molecular complexity index is 507. The van der Waals surface area contributed by atoms with Crippen LogP contribution in [0.3, 0.4) is 0 Å². The highest BCUT2D eigenvalue weighted by Crippen LogP contribution is 2.26. The minimum atomic E-state index is -1.11. The quantitative estimate of drug-likeness (QED) is 0.391. The first-order valence-corrected chi connectivity index (χ1v) is 7.23. The molecule has 5 atom stereocenters. The predicted octanol–water partition coefficient (Wildman–Crippen LogP) is -1.52. The zero-order valence-corrected chi connectivity index (χ0v) is 12.1. The minimum Gasteiger partial charge on any atom is -0.508 e. The highest BCUT2D eigenvalue weighted by molar-refractivity contribution is 5.82. The van der Waals surface area contributed by atoms with Crippen molar-refractivity contribution in [2.24, 2.45) is 11.7 Å². The summed E-state index contributed by atoms with van der Waals surface area (Å²) in [7, 11) is 0. The number of aliphatic hydroxyl groups excluding tert-OH is 3. The van der Waals surface area contributed by atoms with Gasteiger partial charge in [-0.05, 0) is 30.5 Å². The number of aromatic hydroxyl groups is 1. The van der Waals surface area contributed by atoms with Gasteiger partial charge in [0.05, 0.1) is 18.2 Å². The van der Waals surface area contributed by atoms with Crippen molar-refractivity contribution < 1.29 is 25.2 Å². The molecule has 0 heterocycles. The van der Waals surface area contributed by atoms with E-state index in [4.69, 9.17) is 10.8 Å². The van der Waals surface area contributed by atoms with E-state index in [1.54, 1.807) is 12.1 Å². The third kappa shape index (κ3) is 3.75. The van der Waals surface area contributed by atoms with E-state index >= 15 is 0 Å². The van der Waals surface area contributed by atoms with Crippen molar-refractivity contribution in [2.45, 2.75) is 37.1 Å². The molecule has 0 radical (unpaired) electrons. The summed E-state index contributed by atoms with van der Waals surface area (Å²) in [5.41, 5.74) is 6.65. The maximum absolute atomic E-state index is 12.1. The van der Waals surface area contributed by atoms with Crippen LogP contribution < -0.4 is 11.1 Å². The molecule has 1 saturated carbocycles. The van der Waals surface area contributed by atoms with E-state index in [1.165, 1.54) is 12.1 Å². The van der Waals surface area contributed by atoms with Gasteiger partial charge in [-0.3, -0.25) is 4.79 Å². The van der Waals surface area contributed by atoms with Crippen molar-refractivity contribution >= 4 is 5.91 Å². The van der Waals surface area contributed by atoms with Crippen LogP contribution in [-0.2, 0) is 11.2 Å². The Morgan fingerprint density at radius 2 is 1.91 bits per heavy atom. The lowest BCUT2D eigenvalue weighted by atomic mass is 10.0. The molecule has 1 aliphatic carbocycles. The van der Waals surface area contributed by atoms with E-state index in [1.807, 2.05) is 0 Å². The smallest absolute Gasteiger partial charge is 0.237 e. The molecule has 7 nitrogen and oxygen atoms in total. The third-order valence-corrected chi connectivity index (χ3v) is 4.09. The van der Waals surface area contributed by atoms with Crippen LogP contribution in [0, 0.1) is 5.92 Å². The summed E-state index contributed by atoms with van der Waals surface area (Å²) in [5, 5.41) is 40.5. The molecule has 122 valence electrons. The molecular formula is C15H22N2O5. The van der Waals surface area contributed by atoms with Gasteiger partial charge in [0.25, 0.3) is 0 Å². The molecule has 1 aromatic rings. The highest BCUT2D eigenvalue weighted by atomic mass is 16.3. The van der Waals surface area contributed by atoms with Gasteiger partial charge < -0.3 is 31.5 Å². The van der Waals surface area contributed by atoms with E-state index in [0.29, 0.717) is 12.8 Å². The summed E-state index contributed by atoms with van der Waals surface area (Å²) in [6.45, 7) is -0.246.